The maximum absolute atomic E-state index is 12.9. The topological polar surface area (TPSA) is 62.6 Å². The van der Waals surface area contributed by atoms with Crippen LogP contribution in [0.25, 0.3) is 11.1 Å². The average molecular weight is 429 g/mol. The number of hydrogen-bond donors (Lipinski definition) is 0. The summed E-state index contributed by atoms with van der Waals surface area (Å²) in [5.41, 5.74) is 4.44. The summed E-state index contributed by atoms with van der Waals surface area (Å²) < 4.78 is 5.58. The van der Waals surface area contributed by atoms with Crippen LogP contribution >= 0.6 is 0 Å². The summed E-state index contributed by atoms with van der Waals surface area (Å²) in [6.07, 6.45) is 0. The Hall–Kier alpha value is -3.46. The van der Waals surface area contributed by atoms with E-state index in [1.807, 2.05) is 92.7 Å². The Morgan fingerprint density at radius 2 is 1.59 bits per heavy atom. The van der Waals surface area contributed by atoms with Gasteiger partial charge in [-0.15, -0.1) is 0 Å². The molecule has 32 heavy (non-hydrogen) atoms. The summed E-state index contributed by atoms with van der Waals surface area (Å²) in [5.74, 6) is -0.315. The minimum Gasteiger partial charge on any atom is -0.460 e. The highest BCUT2D eigenvalue weighted by Crippen LogP contribution is 2.24. The van der Waals surface area contributed by atoms with Crippen molar-refractivity contribution in [2.45, 2.75) is 33.0 Å². The molecule has 5 nitrogen and oxygen atoms in total. The highest BCUT2D eigenvalue weighted by molar-refractivity contribution is 5.76. The molecular formula is C27H28N2O3. The van der Waals surface area contributed by atoms with Gasteiger partial charge in [-0.2, -0.15) is 10.3 Å². The lowest BCUT2D eigenvalue weighted by molar-refractivity contribution is -0.200. The fourth-order valence-corrected chi connectivity index (χ4v) is 3.61. The Balaban J connectivity index is 1.71. The van der Waals surface area contributed by atoms with Crippen molar-refractivity contribution in [1.82, 2.24) is 5.06 Å². The molecule has 0 unspecified atom stereocenters. The third-order valence-corrected chi connectivity index (χ3v) is 5.29. The Bertz CT molecular complexity index is 1060. The molecule has 0 aromatic heterocycles. The first-order chi connectivity index (χ1) is 15.5. The van der Waals surface area contributed by atoms with Gasteiger partial charge in [-0.3, -0.25) is 4.79 Å². The molecule has 0 spiro atoms. The van der Waals surface area contributed by atoms with Gasteiger partial charge in [0.05, 0.1) is 25.3 Å². The summed E-state index contributed by atoms with van der Waals surface area (Å²) in [5, 5.41) is 11.0. The van der Waals surface area contributed by atoms with Gasteiger partial charge in [0.15, 0.2) is 0 Å². The number of nitriles is 1. The molecule has 0 bridgehead atoms. The molecule has 1 atom stereocenters. The molecule has 0 fully saturated rings. The third-order valence-electron chi connectivity index (χ3n) is 5.29. The van der Waals surface area contributed by atoms with E-state index in [-0.39, 0.29) is 18.5 Å². The van der Waals surface area contributed by atoms with E-state index in [1.54, 1.807) is 12.2 Å². The van der Waals surface area contributed by atoms with E-state index >= 15 is 0 Å². The van der Waals surface area contributed by atoms with Gasteiger partial charge in [-0.25, -0.2) is 0 Å². The van der Waals surface area contributed by atoms with Crippen molar-refractivity contribution < 1.29 is 14.4 Å². The smallest absolute Gasteiger partial charge is 0.326 e. The van der Waals surface area contributed by atoms with E-state index in [4.69, 9.17) is 9.57 Å². The van der Waals surface area contributed by atoms with Crippen LogP contribution in [0.4, 0.5) is 0 Å². The first-order valence-corrected chi connectivity index (χ1v) is 10.6. The lowest BCUT2D eigenvalue weighted by Gasteiger charge is -2.30. The van der Waals surface area contributed by atoms with Gasteiger partial charge < -0.3 is 9.57 Å². The molecule has 0 aliphatic carbocycles. The molecule has 0 saturated carbocycles. The van der Waals surface area contributed by atoms with Gasteiger partial charge in [0.2, 0.25) is 0 Å². The molecule has 5 heteroatoms. The van der Waals surface area contributed by atoms with Gasteiger partial charge in [-0.05, 0) is 34.2 Å². The van der Waals surface area contributed by atoms with Crippen molar-refractivity contribution in [3.8, 4) is 17.2 Å². The first-order valence-electron chi connectivity index (χ1n) is 10.6. The maximum atomic E-state index is 12.9. The van der Waals surface area contributed by atoms with Crippen molar-refractivity contribution in [3.05, 3.63) is 95.6 Å². The lowest BCUT2D eigenvalue weighted by atomic mass is 9.99. The van der Waals surface area contributed by atoms with Crippen LogP contribution in [0.15, 0.2) is 78.9 Å². The van der Waals surface area contributed by atoms with E-state index < -0.39 is 6.04 Å². The molecule has 0 heterocycles. The molecule has 0 saturated heterocycles. The number of benzene rings is 3. The van der Waals surface area contributed by atoms with Crippen LogP contribution in [0.3, 0.4) is 0 Å². The number of esters is 1. The minimum atomic E-state index is -0.539. The average Bonchev–Trinajstić information content (AvgIpc) is 2.83. The van der Waals surface area contributed by atoms with Crippen LogP contribution in [0, 0.1) is 17.2 Å². The first kappa shape index (κ1) is 23.2. The van der Waals surface area contributed by atoms with Gasteiger partial charge >= 0.3 is 5.97 Å². The maximum Gasteiger partial charge on any atom is 0.326 e. The van der Waals surface area contributed by atoms with E-state index in [9.17, 15) is 10.1 Å². The molecule has 3 aromatic carbocycles. The number of carbonyl (C=O) groups is 1. The van der Waals surface area contributed by atoms with Crippen molar-refractivity contribution in [2.24, 2.45) is 5.92 Å². The number of hydrogen-bond acceptors (Lipinski definition) is 5. The van der Waals surface area contributed by atoms with Gasteiger partial charge in [0, 0.05) is 0 Å². The molecular weight excluding hydrogens is 400 g/mol. The zero-order valence-electron chi connectivity index (χ0n) is 18.7. The van der Waals surface area contributed by atoms with Crippen molar-refractivity contribution in [3.63, 3.8) is 0 Å². The van der Waals surface area contributed by atoms with Crippen LogP contribution in [0.1, 0.15) is 30.5 Å². The van der Waals surface area contributed by atoms with Crippen molar-refractivity contribution in [2.75, 3.05) is 7.11 Å². The van der Waals surface area contributed by atoms with Crippen LogP contribution in [0.2, 0.25) is 0 Å². The van der Waals surface area contributed by atoms with Gasteiger partial charge in [0.1, 0.15) is 12.6 Å². The number of hydroxylamine groups is 2. The molecule has 0 N–H and O–H groups in total. The monoisotopic (exact) mass is 428 g/mol. The second kappa shape index (κ2) is 11.2. The normalized spacial score (nSPS) is 11.9. The van der Waals surface area contributed by atoms with Gasteiger partial charge in [0.25, 0.3) is 0 Å². The fourth-order valence-electron chi connectivity index (χ4n) is 3.61. The Labute approximate surface area is 189 Å². The second-order valence-corrected chi connectivity index (χ2v) is 7.89. The Morgan fingerprint density at radius 3 is 2.22 bits per heavy atom. The predicted octanol–water partition coefficient (Wildman–Crippen LogP) is 5.36. The quantitative estimate of drug-likeness (QED) is 0.339. The summed E-state index contributed by atoms with van der Waals surface area (Å²) in [7, 11) is 1.57. The third kappa shape index (κ3) is 5.82. The van der Waals surface area contributed by atoms with Crippen LogP contribution < -0.4 is 0 Å². The number of carbonyl (C=O) groups excluding carboxylic acids is 1. The largest absolute Gasteiger partial charge is 0.460 e. The Morgan fingerprint density at radius 1 is 0.938 bits per heavy atom. The molecule has 0 aliphatic rings. The Kier molecular flexibility index (Phi) is 8.15. The fraction of sp³-hybridized carbons (Fsp3) is 0.259. The summed E-state index contributed by atoms with van der Waals surface area (Å²) >= 11 is 0. The van der Waals surface area contributed by atoms with Crippen LogP contribution in [-0.4, -0.2) is 24.2 Å². The number of rotatable bonds is 9. The van der Waals surface area contributed by atoms with Gasteiger partial charge in [-0.1, -0.05) is 86.6 Å². The summed E-state index contributed by atoms with van der Waals surface area (Å²) in [6, 6.07) is 26.8. The molecule has 3 rings (SSSR count). The highest BCUT2D eigenvalue weighted by Gasteiger charge is 2.31. The van der Waals surface area contributed by atoms with E-state index in [1.165, 1.54) is 0 Å². The van der Waals surface area contributed by atoms with Crippen LogP contribution in [0.5, 0.6) is 0 Å². The summed E-state index contributed by atoms with van der Waals surface area (Å²) in [4.78, 5) is 18.5. The van der Waals surface area contributed by atoms with Crippen LogP contribution in [-0.2, 0) is 27.5 Å². The standard InChI is InChI=1S/C27H28N2O3/c1-20(2)26(27(30)32-19-22-9-5-4-6-10-22)29(31-3)18-21-13-15-23(16-14-21)25-12-8-7-11-24(25)17-28/h4-16,20,26H,18-19H2,1-3H3/t26-/m0/s1. The lowest BCUT2D eigenvalue weighted by Crippen LogP contribution is -2.44. The zero-order valence-corrected chi connectivity index (χ0v) is 18.7. The van der Waals surface area contributed by atoms with Crippen molar-refractivity contribution in [1.29, 1.82) is 5.26 Å². The number of ether oxygens (including phenoxy) is 1. The number of nitrogens with zero attached hydrogens (tertiary/aromatic N) is 2. The molecule has 3 aromatic rings. The second-order valence-electron chi connectivity index (χ2n) is 7.89. The molecule has 0 radical (unpaired) electrons. The van der Waals surface area contributed by atoms with E-state index in [0.29, 0.717) is 12.1 Å². The summed E-state index contributed by atoms with van der Waals surface area (Å²) in [6.45, 7) is 4.61. The zero-order chi connectivity index (χ0) is 22.9. The van der Waals surface area contributed by atoms with Crippen molar-refractivity contribution >= 4 is 5.97 Å². The minimum absolute atomic E-state index is 0.00000195. The molecule has 0 amide bonds. The predicted molar refractivity (Wildman–Crippen MR) is 124 cm³/mol. The highest BCUT2D eigenvalue weighted by atomic mass is 16.7. The van der Waals surface area contributed by atoms with E-state index in [0.717, 1.165) is 22.3 Å². The molecule has 0 aliphatic heterocycles. The van der Waals surface area contributed by atoms with E-state index in [2.05, 4.69) is 6.07 Å². The SMILES string of the molecule is CON(Cc1ccc(-c2ccccc2C#N)cc1)[C@H](C(=O)OCc1ccccc1)C(C)C. The molecule has 164 valence electrons.